The lowest BCUT2D eigenvalue weighted by Gasteiger charge is -2.24. The summed E-state index contributed by atoms with van der Waals surface area (Å²) in [6.07, 6.45) is -3.89. The Kier molecular flexibility index (Phi) is 6.95. The van der Waals surface area contributed by atoms with Crippen LogP contribution in [0.25, 0.3) is 0 Å². The Labute approximate surface area is 197 Å². The zero-order chi connectivity index (χ0) is 25.1. The summed E-state index contributed by atoms with van der Waals surface area (Å²) in [5.74, 6) is 0.701. The van der Waals surface area contributed by atoms with Crippen LogP contribution >= 0.6 is 0 Å². The highest BCUT2D eigenvalue weighted by Crippen LogP contribution is 2.37. The fourth-order valence-electron chi connectivity index (χ4n) is 2.95. The van der Waals surface area contributed by atoms with Crippen molar-refractivity contribution < 1.29 is 22.6 Å². The first-order chi connectivity index (χ1) is 15.7. The monoisotopic (exact) mass is 474 g/mol. The zero-order valence-electron chi connectivity index (χ0n) is 20.0. The van der Waals surface area contributed by atoms with Crippen LogP contribution in [0.1, 0.15) is 47.1 Å². The van der Waals surface area contributed by atoms with E-state index in [1.165, 1.54) is 0 Å². The number of nitrogens with zero attached hydrogens (tertiary/aromatic N) is 2. The minimum atomic E-state index is -4.65. The van der Waals surface area contributed by atoms with Crippen LogP contribution in [0.3, 0.4) is 0 Å². The summed E-state index contributed by atoms with van der Waals surface area (Å²) >= 11 is 0. The lowest BCUT2D eigenvalue weighted by molar-refractivity contribution is -0.137. The van der Waals surface area contributed by atoms with Crippen molar-refractivity contribution in [1.29, 1.82) is 0 Å². The average molecular weight is 475 g/mol. The van der Waals surface area contributed by atoms with Crippen molar-refractivity contribution in [3.8, 4) is 11.5 Å². The average Bonchev–Trinajstić information content (AvgIpc) is 2.68. The van der Waals surface area contributed by atoms with E-state index >= 15 is 0 Å². The number of anilines is 4. The van der Waals surface area contributed by atoms with Gasteiger partial charge in [-0.3, -0.25) is 0 Å². The molecule has 0 amide bonds. The van der Waals surface area contributed by atoms with Crippen LogP contribution in [0, 0.1) is 0 Å². The second kappa shape index (κ2) is 9.40. The molecule has 2 aromatic carbocycles. The minimum absolute atomic E-state index is 0.00853. The van der Waals surface area contributed by atoms with Gasteiger partial charge in [-0.15, -0.1) is 0 Å². The van der Waals surface area contributed by atoms with Gasteiger partial charge in [0.2, 0.25) is 5.95 Å². The van der Waals surface area contributed by atoms with E-state index in [4.69, 9.17) is 9.47 Å². The first-order valence-electron chi connectivity index (χ1n) is 10.7. The highest BCUT2D eigenvalue weighted by atomic mass is 19.4. The fraction of sp³-hybridized carbons (Fsp3) is 0.360. The number of benzene rings is 2. The number of alkyl halides is 3. The highest BCUT2D eigenvalue weighted by molar-refractivity contribution is 5.67. The molecule has 0 saturated heterocycles. The van der Waals surface area contributed by atoms with Crippen LogP contribution in [0.4, 0.5) is 36.3 Å². The Morgan fingerprint density at radius 1 is 0.765 bits per heavy atom. The van der Waals surface area contributed by atoms with Crippen LogP contribution in [0.2, 0.25) is 0 Å². The smallest absolute Gasteiger partial charge is 0.421 e. The molecule has 1 aromatic heterocycles. The third-order valence-corrected chi connectivity index (χ3v) is 4.18. The van der Waals surface area contributed by atoms with Crippen molar-refractivity contribution in [1.82, 2.24) is 9.97 Å². The van der Waals surface area contributed by atoms with Gasteiger partial charge in [-0.1, -0.05) is 12.1 Å². The molecule has 2 N–H and O–H groups in total. The molecule has 3 aromatic rings. The number of ether oxygens (including phenoxy) is 2. The number of halogens is 3. The molecule has 0 aliphatic heterocycles. The molecule has 0 atom stereocenters. The van der Waals surface area contributed by atoms with E-state index < -0.39 is 17.3 Å². The van der Waals surface area contributed by atoms with Gasteiger partial charge in [0.1, 0.15) is 34.1 Å². The van der Waals surface area contributed by atoms with Crippen molar-refractivity contribution in [3.63, 3.8) is 0 Å². The van der Waals surface area contributed by atoms with Gasteiger partial charge in [0.05, 0.1) is 5.69 Å². The predicted octanol–water partition coefficient (Wildman–Crippen LogP) is 7.34. The summed E-state index contributed by atoms with van der Waals surface area (Å²) in [6.45, 7) is 11.4. The van der Waals surface area contributed by atoms with Gasteiger partial charge in [-0.25, -0.2) is 4.98 Å². The molecule has 6 nitrogen and oxygen atoms in total. The summed E-state index contributed by atoms with van der Waals surface area (Å²) in [6, 6.07) is 13.8. The maximum Gasteiger partial charge on any atom is 0.421 e. The van der Waals surface area contributed by atoms with E-state index in [-0.39, 0.29) is 17.4 Å². The van der Waals surface area contributed by atoms with Gasteiger partial charge >= 0.3 is 6.18 Å². The fourth-order valence-corrected chi connectivity index (χ4v) is 2.95. The molecule has 0 unspecified atom stereocenters. The normalized spacial score (nSPS) is 12.3. The molecule has 0 aliphatic carbocycles. The standard InChI is InChI=1S/C25H29F3N4O2/c1-23(2,3)33-17-13-11-16(12-14-17)30-22-29-15-18(25(26,27)28)21(32-22)31-19-9-7-8-10-20(19)34-24(4,5)6/h7-15H,1-6H3,(H2,29,30,31,32). The predicted molar refractivity (Wildman–Crippen MR) is 127 cm³/mol. The maximum atomic E-state index is 13.7. The van der Waals surface area contributed by atoms with E-state index in [2.05, 4.69) is 20.6 Å². The third kappa shape index (κ3) is 7.26. The maximum absolute atomic E-state index is 13.7. The van der Waals surface area contributed by atoms with Crippen LogP contribution in [0.15, 0.2) is 54.7 Å². The summed E-state index contributed by atoms with van der Waals surface area (Å²) in [7, 11) is 0. The molecule has 1 heterocycles. The number of rotatable bonds is 6. The summed E-state index contributed by atoms with van der Waals surface area (Å²) in [5, 5.41) is 5.71. The van der Waals surface area contributed by atoms with Crippen molar-refractivity contribution in [2.45, 2.75) is 58.9 Å². The lowest BCUT2D eigenvalue weighted by atomic mass is 10.2. The Balaban J connectivity index is 1.90. The first kappa shape index (κ1) is 25.1. The van der Waals surface area contributed by atoms with E-state index in [0.29, 0.717) is 22.9 Å². The van der Waals surface area contributed by atoms with E-state index in [1.807, 2.05) is 41.5 Å². The topological polar surface area (TPSA) is 68.3 Å². The van der Waals surface area contributed by atoms with Crippen molar-refractivity contribution >= 4 is 23.1 Å². The number of nitrogens with one attached hydrogen (secondary N) is 2. The molecular formula is C25H29F3N4O2. The molecule has 34 heavy (non-hydrogen) atoms. The van der Waals surface area contributed by atoms with Gasteiger partial charge in [0.15, 0.2) is 0 Å². The van der Waals surface area contributed by atoms with Gasteiger partial charge in [-0.2, -0.15) is 18.2 Å². The van der Waals surface area contributed by atoms with E-state index in [0.717, 1.165) is 6.20 Å². The van der Waals surface area contributed by atoms with Crippen molar-refractivity contribution in [3.05, 3.63) is 60.3 Å². The number of para-hydroxylation sites is 2. The largest absolute Gasteiger partial charge is 0.488 e. The minimum Gasteiger partial charge on any atom is -0.488 e. The zero-order valence-corrected chi connectivity index (χ0v) is 20.0. The number of aromatic nitrogens is 2. The molecule has 0 fully saturated rings. The molecule has 0 spiro atoms. The van der Waals surface area contributed by atoms with Crippen molar-refractivity contribution in [2.75, 3.05) is 10.6 Å². The third-order valence-electron chi connectivity index (χ3n) is 4.18. The van der Waals surface area contributed by atoms with Gasteiger partial charge in [0, 0.05) is 11.9 Å². The molecule has 0 bridgehead atoms. The molecule has 3 rings (SSSR count). The molecule has 182 valence electrons. The van der Waals surface area contributed by atoms with Crippen molar-refractivity contribution in [2.24, 2.45) is 0 Å². The summed E-state index contributed by atoms with van der Waals surface area (Å²) in [5.41, 5.74) is -0.914. The highest BCUT2D eigenvalue weighted by Gasteiger charge is 2.35. The van der Waals surface area contributed by atoms with Crippen LogP contribution in [0.5, 0.6) is 11.5 Å². The molecule has 0 aliphatic rings. The van der Waals surface area contributed by atoms with Gasteiger partial charge in [-0.05, 0) is 77.9 Å². The quantitative estimate of drug-likeness (QED) is 0.390. The lowest BCUT2D eigenvalue weighted by Crippen LogP contribution is -2.23. The van der Waals surface area contributed by atoms with Crippen LogP contribution in [-0.4, -0.2) is 21.2 Å². The Morgan fingerprint density at radius 2 is 1.38 bits per heavy atom. The number of hydrogen-bond acceptors (Lipinski definition) is 6. The molecular weight excluding hydrogens is 445 g/mol. The van der Waals surface area contributed by atoms with Gasteiger partial charge in [0.25, 0.3) is 0 Å². The second-order valence-corrected chi connectivity index (χ2v) is 9.65. The van der Waals surface area contributed by atoms with E-state index in [1.54, 1.807) is 48.5 Å². The Bertz CT molecular complexity index is 1120. The Hall–Kier alpha value is -3.49. The summed E-state index contributed by atoms with van der Waals surface area (Å²) < 4.78 is 52.7. The van der Waals surface area contributed by atoms with Crippen LogP contribution in [-0.2, 0) is 6.18 Å². The number of hydrogen-bond donors (Lipinski definition) is 2. The molecule has 0 saturated carbocycles. The summed E-state index contributed by atoms with van der Waals surface area (Å²) in [4.78, 5) is 7.97. The molecule has 0 radical (unpaired) electrons. The van der Waals surface area contributed by atoms with Crippen LogP contribution < -0.4 is 20.1 Å². The SMILES string of the molecule is CC(C)(C)Oc1ccc(Nc2ncc(C(F)(F)F)c(Nc3ccccc3OC(C)(C)C)n2)cc1. The second-order valence-electron chi connectivity index (χ2n) is 9.65. The Morgan fingerprint density at radius 3 is 1.97 bits per heavy atom. The first-order valence-corrected chi connectivity index (χ1v) is 10.7. The molecule has 9 heteroatoms. The van der Waals surface area contributed by atoms with Gasteiger partial charge < -0.3 is 20.1 Å². The van der Waals surface area contributed by atoms with E-state index in [9.17, 15) is 13.2 Å².